The summed E-state index contributed by atoms with van der Waals surface area (Å²) in [5.41, 5.74) is 2.70. The Morgan fingerprint density at radius 2 is 1.86 bits per heavy atom. The van der Waals surface area contributed by atoms with Gasteiger partial charge in [-0.3, -0.25) is 9.59 Å². The van der Waals surface area contributed by atoms with Crippen LogP contribution >= 0.6 is 23.5 Å². The van der Waals surface area contributed by atoms with Crippen molar-refractivity contribution in [2.45, 2.75) is 52.4 Å². The Morgan fingerprint density at radius 3 is 2.52 bits per heavy atom. The maximum atomic E-state index is 13.2. The highest BCUT2D eigenvalue weighted by Gasteiger charge is 2.42. The molecule has 2 aliphatic carbocycles. The number of nitrogens with zero attached hydrogens (tertiary/aromatic N) is 2. The van der Waals surface area contributed by atoms with Gasteiger partial charge in [0.1, 0.15) is 6.07 Å². The Bertz CT molecular complexity index is 770. The zero-order chi connectivity index (χ0) is 21.0. The summed E-state index contributed by atoms with van der Waals surface area (Å²) in [7, 11) is 0. The first-order valence-corrected chi connectivity index (χ1v) is 13.2. The maximum absolute atomic E-state index is 13.2. The standard InChI is InChI=1S/C23H32N2O2S2/c1-23(2)13-17(18(15-24)19(14-23)25-7-4-5-8-25)21-20(26)12-16(22(21)27)6-9-29-11-10-28-3/h16H,4-14H2,1-3H3/b21-17-. The van der Waals surface area contributed by atoms with Gasteiger partial charge in [0, 0.05) is 42.6 Å². The second-order valence-corrected chi connectivity index (χ2v) is 11.3. The predicted molar refractivity (Wildman–Crippen MR) is 122 cm³/mol. The Hall–Kier alpha value is -1.19. The van der Waals surface area contributed by atoms with E-state index >= 15 is 0 Å². The molecule has 0 aromatic heterocycles. The van der Waals surface area contributed by atoms with Gasteiger partial charge in [-0.05, 0) is 55.1 Å². The van der Waals surface area contributed by atoms with Crippen LogP contribution in [0.2, 0.25) is 0 Å². The topological polar surface area (TPSA) is 61.2 Å². The molecule has 1 aliphatic heterocycles. The fraction of sp³-hybridized carbons (Fsp3) is 0.696. The second kappa shape index (κ2) is 9.75. The second-order valence-electron chi connectivity index (χ2n) is 9.08. The van der Waals surface area contributed by atoms with Gasteiger partial charge in [-0.2, -0.15) is 28.8 Å². The Labute approximate surface area is 183 Å². The molecule has 6 heteroatoms. The van der Waals surface area contributed by atoms with Crippen LogP contribution in [0.3, 0.4) is 0 Å². The number of hydrogen-bond donors (Lipinski definition) is 0. The summed E-state index contributed by atoms with van der Waals surface area (Å²) in [6, 6.07) is 2.39. The van der Waals surface area contributed by atoms with Gasteiger partial charge in [0.15, 0.2) is 11.6 Å². The number of carbonyl (C=O) groups is 2. The zero-order valence-electron chi connectivity index (χ0n) is 17.9. The minimum absolute atomic E-state index is 0.0123. The Morgan fingerprint density at radius 1 is 1.14 bits per heavy atom. The number of nitriles is 1. The van der Waals surface area contributed by atoms with E-state index in [1.807, 2.05) is 23.5 Å². The van der Waals surface area contributed by atoms with Crippen molar-refractivity contribution in [3.8, 4) is 6.07 Å². The van der Waals surface area contributed by atoms with Crippen LogP contribution in [-0.4, -0.2) is 53.1 Å². The number of Topliss-reactive ketones (excluding diaryl/α,β-unsaturated/α-hetero) is 2. The van der Waals surface area contributed by atoms with Gasteiger partial charge >= 0.3 is 0 Å². The Balaban J connectivity index is 1.88. The fourth-order valence-corrected chi connectivity index (χ4v) is 6.52. The van der Waals surface area contributed by atoms with Crippen LogP contribution in [0.5, 0.6) is 0 Å². The van der Waals surface area contributed by atoms with Gasteiger partial charge in [0.2, 0.25) is 0 Å². The maximum Gasteiger partial charge on any atom is 0.170 e. The van der Waals surface area contributed by atoms with Crippen molar-refractivity contribution in [1.29, 1.82) is 5.26 Å². The molecule has 3 rings (SSSR count). The molecule has 0 aromatic carbocycles. The highest BCUT2D eigenvalue weighted by molar-refractivity contribution is 8.02. The molecule has 1 saturated heterocycles. The molecule has 0 spiro atoms. The molecule has 0 bridgehead atoms. The molecule has 0 N–H and O–H groups in total. The number of hydrogen-bond acceptors (Lipinski definition) is 6. The summed E-state index contributed by atoms with van der Waals surface area (Å²) < 4.78 is 0. The van der Waals surface area contributed by atoms with E-state index in [9.17, 15) is 14.9 Å². The number of rotatable bonds is 7. The van der Waals surface area contributed by atoms with E-state index < -0.39 is 0 Å². The first kappa shape index (κ1) is 22.5. The molecular formula is C23H32N2O2S2. The third kappa shape index (κ3) is 5.11. The van der Waals surface area contributed by atoms with Gasteiger partial charge in [0.05, 0.1) is 11.1 Å². The van der Waals surface area contributed by atoms with Crippen molar-refractivity contribution in [1.82, 2.24) is 4.90 Å². The predicted octanol–water partition coefficient (Wildman–Crippen LogP) is 4.62. The third-order valence-electron chi connectivity index (χ3n) is 6.16. The lowest BCUT2D eigenvalue weighted by Gasteiger charge is -2.37. The quantitative estimate of drug-likeness (QED) is 0.332. The largest absolute Gasteiger partial charge is 0.374 e. The first-order chi connectivity index (χ1) is 13.9. The van der Waals surface area contributed by atoms with Crippen molar-refractivity contribution in [2.24, 2.45) is 11.3 Å². The SMILES string of the molecule is CSCCSCCC1CC(=O)/C(=C2\CC(C)(C)CC(N3CCCC3)=C2C#N)C1=O. The molecule has 29 heavy (non-hydrogen) atoms. The fourth-order valence-electron chi connectivity index (χ4n) is 4.73. The minimum atomic E-state index is -0.202. The molecule has 1 atom stereocenters. The van der Waals surface area contributed by atoms with E-state index in [1.54, 1.807) is 0 Å². The molecule has 1 saturated carbocycles. The summed E-state index contributed by atoms with van der Waals surface area (Å²) in [6.45, 7) is 6.30. The van der Waals surface area contributed by atoms with Crippen molar-refractivity contribution < 1.29 is 9.59 Å². The average molecular weight is 433 g/mol. The van der Waals surface area contributed by atoms with Crippen LogP contribution in [0, 0.1) is 22.7 Å². The highest BCUT2D eigenvalue weighted by Crippen LogP contribution is 2.46. The third-order valence-corrected chi connectivity index (χ3v) is 8.05. The number of thioether (sulfide) groups is 2. The summed E-state index contributed by atoms with van der Waals surface area (Å²) >= 11 is 3.69. The van der Waals surface area contributed by atoms with Crippen molar-refractivity contribution in [3.05, 3.63) is 22.4 Å². The van der Waals surface area contributed by atoms with E-state index in [4.69, 9.17) is 0 Å². The minimum Gasteiger partial charge on any atom is -0.374 e. The van der Waals surface area contributed by atoms with Gasteiger partial charge in [-0.25, -0.2) is 0 Å². The number of allylic oxidation sites excluding steroid dienone is 4. The van der Waals surface area contributed by atoms with Crippen LogP contribution in [0.15, 0.2) is 22.4 Å². The summed E-state index contributed by atoms with van der Waals surface area (Å²) in [5.74, 6) is 2.85. The van der Waals surface area contributed by atoms with E-state index in [0.717, 1.165) is 67.3 Å². The average Bonchev–Trinajstić information content (AvgIpc) is 3.29. The summed E-state index contributed by atoms with van der Waals surface area (Å²) in [4.78, 5) is 28.4. The zero-order valence-corrected chi connectivity index (χ0v) is 19.5. The van der Waals surface area contributed by atoms with Gasteiger partial charge in [-0.1, -0.05) is 13.8 Å². The first-order valence-electron chi connectivity index (χ1n) is 10.6. The molecule has 0 amide bonds. The van der Waals surface area contributed by atoms with Crippen LogP contribution in [0.25, 0.3) is 0 Å². The summed E-state index contributed by atoms with van der Waals surface area (Å²) in [6.07, 6.45) is 6.93. The molecule has 4 nitrogen and oxygen atoms in total. The lowest BCUT2D eigenvalue weighted by atomic mass is 9.72. The van der Waals surface area contributed by atoms with Crippen LogP contribution in [0.4, 0.5) is 0 Å². The molecule has 158 valence electrons. The highest BCUT2D eigenvalue weighted by atomic mass is 32.2. The lowest BCUT2D eigenvalue weighted by Crippen LogP contribution is -2.31. The number of carbonyl (C=O) groups excluding carboxylic acids is 2. The van der Waals surface area contributed by atoms with Crippen molar-refractivity contribution >= 4 is 35.1 Å². The van der Waals surface area contributed by atoms with Gasteiger partial charge in [0.25, 0.3) is 0 Å². The monoisotopic (exact) mass is 432 g/mol. The molecule has 1 unspecified atom stereocenters. The van der Waals surface area contributed by atoms with Crippen LogP contribution < -0.4 is 0 Å². The Kier molecular flexibility index (Phi) is 7.56. The van der Waals surface area contributed by atoms with E-state index in [0.29, 0.717) is 24.0 Å². The number of ketones is 2. The van der Waals surface area contributed by atoms with E-state index in [2.05, 4.69) is 31.1 Å². The van der Waals surface area contributed by atoms with Gasteiger partial charge in [-0.15, -0.1) is 0 Å². The van der Waals surface area contributed by atoms with Crippen molar-refractivity contribution in [2.75, 3.05) is 36.6 Å². The number of likely N-dealkylation sites (tertiary alicyclic amines) is 1. The van der Waals surface area contributed by atoms with E-state index in [1.165, 1.54) is 0 Å². The lowest BCUT2D eigenvalue weighted by molar-refractivity contribution is -0.118. The van der Waals surface area contributed by atoms with Crippen molar-refractivity contribution in [3.63, 3.8) is 0 Å². The molecule has 3 aliphatic rings. The molecule has 0 radical (unpaired) electrons. The molecule has 0 aromatic rings. The van der Waals surface area contributed by atoms with Gasteiger partial charge < -0.3 is 4.90 Å². The molecule has 1 heterocycles. The van der Waals surface area contributed by atoms with Crippen LogP contribution in [0.1, 0.15) is 52.4 Å². The molecule has 2 fully saturated rings. The van der Waals surface area contributed by atoms with Crippen LogP contribution in [-0.2, 0) is 9.59 Å². The smallest absolute Gasteiger partial charge is 0.170 e. The molecular weight excluding hydrogens is 400 g/mol. The normalized spacial score (nSPS) is 27.1. The van der Waals surface area contributed by atoms with E-state index in [-0.39, 0.29) is 22.9 Å². The summed E-state index contributed by atoms with van der Waals surface area (Å²) in [5, 5.41) is 9.99.